The van der Waals surface area contributed by atoms with Crippen molar-refractivity contribution in [2.24, 2.45) is 16.6 Å². The second-order valence-electron chi connectivity index (χ2n) is 8.29. The molecular weight excluding hydrogens is 408 g/mol. The van der Waals surface area contributed by atoms with E-state index in [9.17, 15) is 4.79 Å². The van der Waals surface area contributed by atoms with Crippen molar-refractivity contribution in [3.05, 3.63) is 40.6 Å². The normalized spacial score (nSPS) is 16.8. The van der Waals surface area contributed by atoms with Gasteiger partial charge >= 0.3 is 0 Å². The lowest BCUT2D eigenvalue weighted by molar-refractivity contribution is -0.131. The molecule has 6 nitrogen and oxygen atoms in total. The summed E-state index contributed by atoms with van der Waals surface area (Å²) in [7, 11) is 0. The van der Waals surface area contributed by atoms with Crippen molar-refractivity contribution in [2.75, 3.05) is 37.7 Å². The van der Waals surface area contributed by atoms with Gasteiger partial charge in [0.2, 0.25) is 5.91 Å². The monoisotopic (exact) mass is 440 g/mol. The van der Waals surface area contributed by atoms with E-state index in [-0.39, 0.29) is 0 Å². The van der Waals surface area contributed by atoms with Gasteiger partial charge in [0.1, 0.15) is 18.2 Å². The fourth-order valence-corrected chi connectivity index (χ4v) is 5.10. The summed E-state index contributed by atoms with van der Waals surface area (Å²) in [6, 6.07) is 9.90. The number of likely N-dealkylation sites (N-methyl/N-ethyl adjacent to an activating group) is 1. The molecule has 1 aliphatic heterocycles. The first-order valence-corrected chi connectivity index (χ1v) is 12.2. The molecule has 0 atom stereocenters. The Labute approximate surface area is 188 Å². The lowest BCUT2D eigenvalue weighted by Gasteiger charge is -2.33. The molecule has 1 amide bonds. The molecule has 7 heteroatoms. The Morgan fingerprint density at radius 3 is 2.90 bits per heavy atom. The van der Waals surface area contributed by atoms with E-state index in [4.69, 9.17) is 10.5 Å². The van der Waals surface area contributed by atoms with Crippen LogP contribution in [0.1, 0.15) is 43.9 Å². The molecule has 2 aliphatic rings. The third-order valence-corrected chi connectivity index (χ3v) is 7.13. The number of anilines is 1. The number of amidine groups is 1. The lowest BCUT2D eigenvalue weighted by atomic mass is 10.0. The molecule has 0 unspecified atom stereocenters. The molecular formula is C24H32N4O2S. The van der Waals surface area contributed by atoms with Crippen molar-refractivity contribution in [3.63, 3.8) is 0 Å². The fourth-order valence-electron chi connectivity index (χ4n) is 4.48. The molecule has 1 saturated carbocycles. The molecule has 0 saturated heterocycles. The number of nitrogens with two attached hydrogens (primary N) is 1. The first-order valence-electron chi connectivity index (χ1n) is 11.3. The van der Waals surface area contributed by atoms with E-state index in [2.05, 4.69) is 16.8 Å². The van der Waals surface area contributed by atoms with Crippen LogP contribution in [0.4, 0.5) is 11.4 Å². The Morgan fingerprint density at radius 2 is 2.16 bits per heavy atom. The number of rotatable bonds is 8. The highest BCUT2D eigenvalue weighted by molar-refractivity contribution is 7.12. The number of carbonyl (C=O) groups excluding carboxylic acids is 1. The Kier molecular flexibility index (Phi) is 7.12. The summed E-state index contributed by atoms with van der Waals surface area (Å²) in [5.41, 5.74) is 7.97. The molecule has 0 spiro atoms. The molecule has 1 aliphatic carbocycles. The summed E-state index contributed by atoms with van der Waals surface area (Å²) >= 11 is 1.58. The van der Waals surface area contributed by atoms with E-state index < -0.39 is 0 Å². The van der Waals surface area contributed by atoms with Gasteiger partial charge in [-0.3, -0.25) is 4.79 Å². The van der Waals surface area contributed by atoms with Gasteiger partial charge in [0.05, 0.1) is 22.8 Å². The number of thiophene rings is 1. The van der Waals surface area contributed by atoms with Crippen LogP contribution < -0.4 is 15.4 Å². The third-order valence-electron chi connectivity index (χ3n) is 6.24. The predicted octanol–water partition coefficient (Wildman–Crippen LogP) is 4.41. The Morgan fingerprint density at radius 1 is 1.32 bits per heavy atom. The predicted molar refractivity (Wildman–Crippen MR) is 128 cm³/mol. The molecule has 1 aromatic carbocycles. The molecule has 0 bridgehead atoms. The van der Waals surface area contributed by atoms with Crippen LogP contribution in [0.5, 0.6) is 5.75 Å². The Bertz CT molecular complexity index is 906. The van der Waals surface area contributed by atoms with Crippen molar-refractivity contribution < 1.29 is 9.53 Å². The van der Waals surface area contributed by atoms with E-state index in [1.54, 1.807) is 11.3 Å². The van der Waals surface area contributed by atoms with Crippen molar-refractivity contribution in [1.82, 2.24) is 4.90 Å². The average molecular weight is 441 g/mol. The van der Waals surface area contributed by atoms with Gasteiger partial charge in [-0.25, -0.2) is 4.99 Å². The molecule has 0 radical (unpaired) electrons. The highest BCUT2D eigenvalue weighted by atomic mass is 32.1. The minimum absolute atomic E-state index is 0.302. The van der Waals surface area contributed by atoms with Gasteiger partial charge in [-0.1, -0.05) is 18.9 Å². The summed E-state index contributed by atoms with van der Waals surface area (Å²) in [5, 5.41) is 1.99. The minimum Gasteiger partial charge on any atom is -0.489 e. The maximum absolute atomic E-state index is 12.8. The number of aliphatic imine (C=N–C) groups is 1. The zero-order chi connectivity index (χ0) is 21.6. The van der Waals surface area contributed by atoms with Crippen LogP contribution in [0.2, 0.25) is 0 Å². The second-order valence-corrected chi connectivity index (χ2v) is 9.24. The van der Waals surface area contributed by atoms with Gasteiger partial charge < -0.3 is 20.3 Å². The van der Waals surface area contributed by atoms with E-state index >= 15 is 0 Å². The van der Waals surface area contributed by atoms with Crippen molar-refractivity contribution in [2.45, 2.75) is 39.0 Å². The van der Waals surface area contributed by atoms with E-state index in [0.717, 1.165) is 48.2 Å². The van der Waals surface area contributed by atoms with Crippen LogP contribution in [0.25, 0.3) is 0 Å². The molecule has 2 heterocycles. The number of ether oxygens (including phenoxy) is 1. The summed E-state index contributed by atoms with van der Waals surface area (Å²) in [5.74, 6) is 2.23. The highest BCUT2D eigenvalue weighted by Crippen LogP contribution is 2.35. The van der Waals surface area contributed by atoms with Gasteiger partial charge in [-0.15, -0.1) is 11.3 Å². The van der Waals surface area contributed by atoms with Crippen LogP contribution in [-0.4, -0.2) is 49.4 Å². The largest absolute Gasteiger partial charge is 0.489 e. The summed E-state index contributed by atoms with van der Waals surface area (Å²) < 4.78 is 5.91. The molecule has 166 valence electrons. The zero-order valence-corrected chi connectivity index (χ0v) is 19.1. The van der Waals surface area contributed by atoms with Crippen LogP contribution in [0, 0.1) is 5.92 Å². The van der Waals surface area contributed by atoms with Crippen LogP contribution in [-0.2, 0) is 4.79 Å². The number of carbonyl (C=O) groups is 1. The van der Waals surface area contributed by atoms with E-state index in [0.29, 0.717) is 30.7 Å². The van der Waals surface area contributed by atoms with Crippen LogP contribution in [0.3, 0.4) is 0 Å². The number of benzene rings is 1. The summed E-state index contributed by atoms with van der Waals surface area (Å²) in [4.78, 5) is 22.6. The number of hydrogen-bond acceptors (Lipinski definition) is 5. The number of nitrogens with zero attached hydrogens (tertiary/aromatic N) is 3. The minimum atomic E-state index is 0.302. The van der Waals surface area contributed by atoms with Crippen LogP contribution in [0.15, 0.2) is 40.7 Å². The van der Waals surface area contributed by atoms with Gasteiger partial charge in [0, 0.05) is 32.1 Å². The van der Waals surface area contributed by atoms with Crippen molar-refractivity contribution in [1.29, 1.82) is 0 Å². The lowest BCUT2D eigenvalue weighted by Crippen LogP contribution is -2.41. The molecule has 31 heavy (non-hydrogen) atoms. The van der Waals surface area contributed by atoms with Gasteiger partial charge in [0.15, 0.2) is 0 Å². The molecule has 2 aromatic rings. The van der Waals surface area contributed by atoms with Gasteiger partial charge in [0.25, 0.3) is 0 Å². The maximum atomic E-state index is 12.8. The molecule has 1 fully saturated rings. The summed E-state index contributed by atoms with van der Waals surface area (Å²) in [6.45, 7) is 5.83. The highest BCUT2D eigenvalue weighted by Gasteiger charge is 2.23. The number of amides is 1. The molecule has 1 aromatic heterocycles. The van der Waals surface area contributed by atoms with E-state index in [1.165, 1.54) is 25.7 Å². The van der Waals surface area contributed by atoms with Crippen molar-refractivity contribution in [3.8, 4) is 5.75 Å². The second kappa shape index (κ2) is 10.2. The maximum Gasteiger partial charge on any atom is 0.222 e. The quantitative estimate of drug-likeness (QED) is 0.487. The first-order chi connectivity index (χ1) is 15.1. The van der Waals surface area contributed by atoms with Crippen LogP contribution >= 0.6 is 11.3 Å². The Balaban J connectivity index is 1.39. The molecule has 4 rings (SSSR count). The van der Waals surface area contributed by atoms with Gasteiger partial charge in [-0.2, -0.15) is 0 Å². The Hall–Kier alpha value is -2.54. The standard InChI is InChI=1S/C24H32N4O2S/c1-2-27(23(29)16-18-6-3-4-7-18)11-12-28-13-14-30-21-17-19(9-10-20(21)28)26-24(25)22-8-5-15-31-22/h5,8-10,15,17-18H,2-4,6-7,11-14,16H2,1H3,(H2,25,26). The average Bonchev–Trinajstić information content (AvgIpc) is 3.48. The first kappa shape index (κ1) is 21.7. The number of hydrogen-bond donors (Lipinski definition) is 1. The third kappa shape index (κ3) is 5.39. The topological polar surface area (TPSA) is 71.2 Å². The molecule has 2 N–H and O–H groups in total. The van der Waals surface area contributed by atoms with Gasteiger partial charge in [-0.05, 0) is 49.3 Å². The summed E-state index contributed by atoms with van der Waals surface area (Å²) in [6.07, 6.45) is 5.68. The van der Waals surface area contributed by atoms with Crippen molar-refractivity contribution >= 4 is 34.5 Å². The smallest absolute Gasteiger partial charge is 0.222 e. The number of fused-ring (bicyclic) bond motifs is 1. The van der Waals surface area contributed by atoms with E-state index in [1.807, 2.05) is 40.6 Å². The SMILES string of the molecule is CCN(CCN1CCOc2cc(N=C(N)c3cccs3)ccc21)C(=O)CC1CCCC1. The zero-order valence-electron chi connectivity index (χ0n) is 18.3. The fraction of sp³-hybridized carbons (Fsp3) is 0.500.